The smallest absolute Gasteiger partial charge is 0.261 e. The number of aromatic nitrogens is 2. The van der Waals surface area contributed by atoms with Crippen molar-refractivity contribution >= 4 is 44.5 Å². The highest BCUT2D eigenvalue weighted by Gasteiger charge is 2.32. The fraction of sp³-hybridized carbons (Fsp3) is 0.300. The molecule has 1 aliphatic heterocycles. The van der Waals surface area contributed by atoms with Gasteiger partial charge in [-0.25, -0.2) is 4.98 Å². The summed E-state index contributed by atoms with van der Waals surface area (Å²) in [5, 5.41) is 0.491. The summed E-state index contributed by atoms with van der Waals surface area (Å²) in [5.41, 5.74) is 2.79. The van der Waals surface area contributed by atoms with Crippen LogP contribution in [0.1, 0.15) is 30.3 Å². The van der Waals surface area contributed by atoms with Gasteiger partial charge in [-0.1, -0.05) is 39.7 Å². The number of carbonyl (C=O) groups is 1. The van der Waals surface area contributed by atoms with Crippen LogP contribution >= 0.6 is 27.5 Å². The van der Waals surface area contributed by atoms with Crippen LogP contribution in [0.5, 0.6) is 5.75 Å². The summed E-state index contributed by atoms with van der Waals surface area (Å²) >= 11 is 9.66. The van der Waals surface area contributed by atoms with Crippen LogP contribution < -0.4 is 4.74 Å². The highest BCUT2D eigenvalue weighted by Crippen LogP contribution is 2.34. The lowest BCUT2D eigenvalue weighted by atomic mass is 10.2. The predicted molar refractivity (Wildman–Crippen MR) is 109 cm³/mol. The van der Waals surface area contributed by atoms with Crippen LogP contribution in [0.4, 0.5) is 0 Å². The zero-order valence-corrected chi connectivity index (χ0v) is 17.2. The first kappa shape index (κ1) is 18.3. The van der Waals surface area contributed by atoms with Gasteiger partial charge in [-0.3, -0.25) is 4.79 Å². The van der Waals surface area contributed by atoms with E-state index in [1.54, 1.807) is 6.07 Å². The van der Waals surface area contributed by atoms with Gasteiger partial charge in [-0.05, 0) is 49.6 Å². The largest absolute Gasteiger partial charge is 0.482 e. The first-order valence-electron chi connectivity index (χ1n) is 8.85. The molecule has 1 aliphatic rings. The van der Waals surface area contributed by atoms with E-state index in [1.807, 2.05) is 42.2 Å². The van der Waals surface area contributed by atoms with Gasteiger partial charge >= 0.3 is 0 Å². The number of fused-ring (bicyclic) bond motifs is 1. The number of ether oxygens (including phenoxy) is 1. The third-order valence-electron chi connectivity index (χ3n) is 4.83. The van der Waals surface area contributed by atoms with Crippen LogP contribution in [0.3, 0.4) is 0 Å². The second-order valence-corrected chi connectivity index (χ2v) is 8.03. The molecule has 1 saturated heterocycles. The molecule has 0 saturated carbocycles. The maximum absolute atomic E-state index is 12.8. The van der Waals surface area contributed by atoms with Gasteiger partial charge in [0.05, 0.1) is 22.1 Å². The van der Waals surface area contributed by atoms with Gasteiger partial charge in [0.15, 0.2) is 6.61 Å². The molecule has 1 amide bonds. The van der Waals surface area contributed by atoms with Crippen molar-refractivity contribution in [3.8, 4) is 5.75 Å². The molecular weight excluding hydrogens is 430 g/mol. The Balaban J connectivity index is 1.49. The van der Waals surface area contributed by atoms with Crippen molar-refractivity contribution in [3.63, 3.8) is 0 Å². The predicted octanol–water partition coefficient (Wildman–Crippen LogP) is 5.03. The number of imidazole rings is 1. The summed E-state index contributed by atoms with van der Waals surface area (Å²) in [6.07, 6.45) is 1.84. The lowest BCUT2D eigenvalue weighted by Crippen LogP contribution is -2.35. The van der Waals surface area contributed by atoms with Crippen molar-refractivity contribution in [1.29, 1.82) is 0 Å². The van der Waals surface area contributed by atoms with Crippen molar-refractivity contribution in [2.24, 2.45) is 0 Å². The number of aromatic amines is 1. The Labute approximate surface area is 170 Å². The molecule has 1 atom stereocenters. The molecule has 5 nitrogen and oxygen atoms in total. The van der Waals surface area contributed by atoms with E-state index in [-0.39, 0.29) is 18.6 Å². The minimum atomic E-state index is -0.0589. The number of para-hydroxylation sites is 2. The van der Waals surface area contributed by atoms with E-state index in [1.165, 1.54) is 0 Å². The van der Waals surface area contributed by atoms with E-state index in [0.29, 0.717) is 17.3 Å². The molecule has 1 N–H and O–H groups in total. The van der Waals surface area contributed by atoms with Crippen molar-refractivity contribution < 1.29 is 9.53 Å². The first-order chi connectivity index (χ1) is 13.0. The Morgan fingerprint density at radius 2 is 2.22 bits per heavy atom. The molecule has 2 aromatic carbocycles. The van der Waals surface area contributed by atoms with Gasteiger partial charge < -0.3 is 14.6 Å². The SMILES string of the molecule is Cc1cc(Br)cc(Cl)c1OCC(=O)N1CCC[C@H]1c1nc2ccccc2[nH]1. The van der Waals surface area contributed by atoms with Crippen LogP contribution in [0.15, 0.2) is 40.9 Å². The van der Waals surface area contributed by atoms with Crippen LogP contribution in [-0.4, -0.2) is 33.9 Å². The summed E-state index contributed by atoms with van der Waals surface area (Å²) in [5.74, 6) is 1.32. The molecule has 4 rings (SSSR count). The van der Waals surface area contributed by atoms with Gasteiger partial charge in [0.2, 0.25) is 0 Å². The number of rotatable bonds is 4. The summed E-state index contributed by atoms with van der Waals surface area (Å²) in [6.45, 7) is 2.57. The number of likely N-dealkylation sites (tertiary alicyclic amines) is 1. The molecule has 7 heteroatoms. The Morgan fingerprint density at radius 1 is 1.41 bits per heavy atom. The van der Waals surface area contributed by atoms with E-state index in [9.17, 15) is 4.79 Å². The van der Waals surface area contributed by atoms with E-state index in [2.05, 4.69) is 25.9 Å². The highest BCUT2D eigenvalue weighted by molar-refractivity contribution is 9.10. The number of nitrogens with zero attached hydrogens (tertiary/aromatic N) is 2. The minimum Gasteiger partial charge on any atom is -0.482 e. The van der Waals surface area contributed by atoms with Crippen LogP contribution in [-0.2, 0) is 4.79 Å². The third kappa shape index (κ3) is 3.69. The number of nitrogens with one attached hydrogen (secondary N) is 1. The standard InChI is InChI=1S/C20H19BrClN3O2/c1-12-9-13(21)10-14(22)19(12)27-11-18(26)25-8-4-7-17(25)20-23-15-5-2-3-6-16(15)24-20/h2-3,5-6,9-10,17H,4,7-8,11H2,1H3,(H,23,24)/t17-/m0/s1. The number of halogens is 2. The topological polar surface area (TPSA) is 58.2 Å². The maximum Gasteiger partial charge on any atom is 0.261 e. The average molecular weight is 449 g/mol. The number of carbonyl (C=O) groups excluding carboxylic acids is 1. The molecule has 0 aliphatic carbocycles. The minimum absolute atomic E-state index is 0.0427. The lowest BCUT2D eigenvalue weighted by molar-refractivity contribution is -0.134. The third-order valence-corrected chi connectivity index (χ3v) is 5.57. The summed E-state index contributed by atoms with van der Waals surface area (Å²) in [7, 11) is 0. The van der Waals surface area contributed by atoms with Crippen molar-refractivity contribution in [2.45, 2.75) is 25.8 Å². The number of H-pyrrole nitrogens is 1. The first-order valence-corrected chi connectivity index (χ1v) is 10.0. The van der Waals surface area contributed by atoms with Gasteiger partial charge in [0.1, 0.15) is 11.6 Å². The molecule has 1 aromatic heterocycles. The molecular formula is C20H19BrClN3O2. The average Bonchev–Trinajstić information content (AvgIpc) is 3.27. The number of hydrogen-bond donors (Lipinski definition) is 1. The molecule has 0 radical (unpaired) electrons. The second-order valence-electron chi connectivity index (χ2n) is 6.71. The Bertz CT molecular complexity index is 948. The summed E-state index contributed by atoms with van der Waals surface area (Å²) in [4.78, 5) is 22.7. The van der Waals surface area contributed by atoms with Gasteiger partial charge in [0, 0.05) is 11.0 Å². The van der Waals surface area contributed by atoms with Crippen LogP contribution in [0.25, 0.3) is 11.0 Å². The number of hydrogen-bond acceptors (Lipinski definition) is 3. The highest BCUT2D eigenvalue weighted by atomic mass is 79.9. The summed E-state index contributed by atoms with van der Waals surface area (Å²) < 4.78 is 6.65. The van der Waals surface area contributed by atoms with Crippen molar-refractivity contribution in [2.75, 3.05) is 13.2 Å². The van der Waals surface area contributed by atoms with Crippen LogP contribution in [0, 0.1) is 6.92 Å². The van der Waals surface area contributed by atoms with E-state index in [0.717, 1.165) is 39.7 Å². The fourth-order valence-corrected chi connectivity index (χ4v) is 4.59. The zero-order chi connectivity index (χ0) is 19.0. The quantitative estimate of drug-likeness (QED) is 0.609. The molecule has 0 bridgehead atoms. The normalized spacial score (nSPS) is 16.9. The summed E-state index contributed by atoms with van der Waals surface area (Å²) in [6, 6.07) is 11.5. The molecule has 0 unspecified atom stereocenters. The second kappa shape index (κ2) is 7.52. The number of benzene rings is 2. The van der Waals surface area contributed by atoms with E-state index < -0.39 is 0 Å². The molecule has 1 fully saturated rings. The van der Waals surface area contributed by atoms with Gasteiger partial charge in [-0.15, -0.1) is 0 Å². The Morgan fingerprint density at radius 3 is 3.00 bits per heavy atom. The number of aryl methyl sites for hydroxylation is 1. The fourth-order valence-electron chi connectivity index (χ4n) is 3.57. The van der Waals surface area contributed by atoms with Gasteiger partial charge in [0.25, 0.3) is 5.91 Å². The van der Waals surface area contributed by atoms with E-state index in [4.69, 9.17) is 16.3 Å². The monoisotopic (exact) mass is 447 g/mol. The van der Waals surface area contributed by atoms with E-state index >= 15 is 0 Å². The zero-order valence-electron chi connectivity index (χ0n) is 14.8. The lowest BCUT2D eigenvalue weighted by Gasteiger charge is -2.23. The molecule has 140 valence electrons. The number of amides is 1. The molecule has 2 heterocycles. The molecule has 3 aromatic rings. The van der Waals surface area contributed by atoms with Crippen molar-refractivity contribution in [3.05, 3.63) is 57.3 Å². The van der Waals surface area contributed by atoms with Crippen molar-refractivity contribution in [1.82, 2.24) is 14.9 Å². The maximum atomic E-state index is 12.8. The molecule has 27 heavy (non-hydrogen) atoms. The van der Waals surface area contributed by atoms with Gasteiger partial charge in [-0.2, -0.15) is 0 Å². The van der Waals surface area contributed by atoms with Crippen LogP contribution in [0.2, 0.25) is 5.02 Å². The Kier molecular flexibility index (Phi) is 5.10. The molecule has 0 spiro atoms. The Hall–Kier alpha value is -2.05.